The quantitative estimate of drug-likeness (QED) is 0.372. The molecule has 4 bridgehead atoms. The molecule has 0 unspecified atom stereocenters. The van der Waals surface area contributed by atoms with E-state index in [0.717, 1.165) is 50.6 Å². The van der Waals surface area contributed by atoms with Gasteiger partial charge in [0, 0.05) is 27.0 Å². The zero-order valence-corrected chi connectivity index (χ0v) is 26.5. The lowest BCUT2D eigenvalue weighted by molar-refractivity contribution is 0.00272. The molecule has 6 aliphatic rings. The van der Waals surface area contributed by atoms with Gasteiger partial charge in [-0.2, -0.15) is 0 Å². The van der Waals surface area contributed by atoms with Crippen molar-refractivity contribution < 1.29 is 27.3 Å². The number of rotatable bonds is 2. The molecule has 2 aromatic rings. The third kappa shape index (κ3) is 4.93. The largest absolute Gasteiger partial charge is 0.497 e. The summed E-state index contributed by atoms with van der Waals surface area (Å²) in [4.78, 5) is 4.28. The minimum Gasteiger partial charge on any atom is -0.497 e. The van der Waals surface area contributed by atoms with Crippen LogP contribution in [0.2, 0.25) is 0 Å². The van der Waals surface area contributed by atoms with Gasteiger partial charge in [-0.1, -0.05) is 37.8 Å². The summed E-state index contributed by atoms with van der Waals surface area (Å²) in [5.41, 5.74) is 5.35. The van der Waals surface area contributed by atoms with Crippen LogP contribution in [-0.2, 0) is 23.7 Å². The van der Waals surface area contributed by atoms with E-state index in [2.05, 4.69) is 18.0 Å². The average Bonchev–Trinajstić information content (AvgIpc) is 3.01. The zero-order valence-electron chi connectivity index (χ0n) is 33.8. The van der Waals surface area contributed by atoms with Gasteiger partial charge in [-0.05, 0) is 137 Å². The van der Waals surface area contributed by atoms with Crippen molar-refractivity contribution in [2.75, 3.05) is 41.2 Å². The van der Waals surface area contributed by atoms with Gasteiger partial charge in [-0.3, -0.25) is 0 Å². The number of ether oxygens (including phenoxy) is 2. The average molecular weight is 651 g/mol. The van der Waals surface area contributed by atoms with Crippen molar-refractivity contribution in [2.24, 2.45) is 11.8 Å². The number of hydrogen-bond donors (Lipinski definition) is 0. The smallest absolute Gasteiger partial charge is 0.119 e. The lowest BCUT2D eigenvalue weighted by atomic mass is 9.52. The lowest BCUT2D eigenvalue weighted by Gasteiger charge is -2.58. The predicted octanol–water partition coefficient (Wildman–Crippen LogP) is 6.52. The van der Waals surface area contributed by atoms with Gasteiger partial charge in [0.25, 0.3) is 0 Å². The first kappa shape index (κ1) is 22.0. The molecule has 5 nitrogen and oxygen atoms in total. The standard InChI is InChI=1S/2C18H25NO.BrH.H2O/c2*1-19-10-9-18-8-4-3-5-15(18)17(19)11-13-6-7-14(20-2)12-16(13)18;;/h2*6-7,12,15,17H,3-5,8-11H2,1-2H3;1H;1H2/t2*15-,17+,18+;;/m11../s1/i1D3,2D3;2D3;;. The van der Waals surface area contributed by atoms with Crippen LogP contribution in [0.5, 0.6) is 11.5 Å². The van der Waals surface area contributed by atoms with Gasteiger partial charge in [-0.25, -0.2) is 0 Å². The molecule has 2 saturated heterocycles. The Labute approximate surface area is 277 Å². The van der Waals surface area contributed by atoms with Crippen LogP contribution in [0.3, 0.4) is 0 Å². The Morgan fingerprint density at radius 1 is 0.714 bits per heavy atom. The van der Waals surface area contributed by atoms with Crippen LogP contribution in [0, 0.1) is 11.8 Å². The van der Waals surface area contributed by atoms with Crippen LogP contribution in [0.25, 0.3) is 0 Å². The fraction of sp³-hybridized carbons (Fsp3) is 0.667. The number of halogens is 1. The first-order valence-electron chi connectivity index (χ1n) is 20.1. The summed E-state index contributed by atoms with van der Waals surface area (Å²) in [6, 6.07) is 12.2. The maximum absolute atomic E-state index is 7.95. The van der Waals surface area contributed by atoms with Crippen LogP contribution < -0.4 is 9.47 Å². The molecule has 0 aromatic heterocycles. The first-order valence-corrected chi connectivity index (χ1v) is 15.6. The van der Waals surface area contributed by atoms with E-state index < -0.39 is 21.1 Å². The second-order valence-electron chi connectivity index (χ2n) is 13.6. The van der Waals surface area contributed by atoms with Gasteiger partial charge in [0.15, 0.2) is 0 Å². The Hall–Kier alpha value is -1.60. The number of methoxy groups -OCH3 is 2. The second kappa shape index (κ2) is 12.4. The highest BCUT2D eigenvalue weighted by atomic mass is 79.9. The van der Waals surface area contributed by atoms with Crippen LogP contribution in [-0.4, -0.2) is 68.5 Å². The Morgan fingerprint density at radius 3 is 1.71 bits per heavy atom. The molecular weight excluding hydrogens is 588 g/mol. The highest BCUT2D eigenvalue weighted by molar-refractivity contribution is 8.93. The van der Waals surface area contributed by atoms with Crippen LogP contribution >= 0.6 is 17.0 Å². The number of likely N-dealkylation sites (N-methyl/N-ethyl adjacent to an activating group) is 2. The number of hydrogen-bond acceptors (Lipinski definition) is 4. The Balaban J connectivity index is 0.000000191. The van der Waals surface area contributed by atoms with Gasteiger partial charge < -0.3 is 24.7 Å². The van der Waals surface area contributed by atoms with Crippen molar-refractivity contribution in [2.45, 2.75) is 100.0 Å². The molecule has 6 atom stereocenters. The molecule has 6 heteroatoms. The fourth-order valence-corrected chi connectivity index (χ4v) is 10.3. The molecular formula is C36H53BrN2O3. The molecule has 2 saturated carbocycles. The molecule has 4 aliphatic carbocycles. The molecule has 2 N–H and O–H groups in total. The summed E-state index contributed by atoms with van der Waals surface area (Å²) in [7, 11) is -2.57. The van der Waals surface area contributed by atoms with Crippen LogP contribution in [0.15, 0.2) is 36.4 Å². The number of likely N-dealkylation sites (tertiary alicyclic amines) is 2. The van der Waals surface area contributed by atoms with Gasteiger partial charge in [0.1, 0.15) is 11.5 Å². The minimum atomic E-state index is -2.46. The molecule has 0 spiro atoms. The van der Waals surface area contributed by atoms with Gasteiger partial charge in [-0.15, -0.1) is 17.0 Å². The monoisotopic (exact) mass is 649 g/mol. The van der Waals surface area contributed by atoms with E-state index in [1.807, 2.05) is 24.3 Å². The summed E-state index contributed by atoms with van der Waals surface area (Å²) in [6.45, 7) is -0.345. The second-order valence-corrected chi connectivity index (χ2v) is 13.6. The van der Waals surface area contributed by atoms with Gasteiger partial charge >= 0.3 is 0 Å². The summed E-state index contributed by atoms with van der Waals surface area (Å²) in [6.07, 6.45) is 13.3. The van der Waals surface area contributed by atoms with Crippen molar-refractivity contribution in [3.63, 3.8) is 0 Å². The van der Waals surface area contributed by atoms with E-state index in [1.54, 1.807) is 11.0 Å². The molecule has 8 rings (SSSR count). The Bertz CT molecular complexity index is 1550. The number of fused-ring (bicyclic) bond motifs is 2. The highest BCUT2D eigenvalue weighted by Gasteiger charge is 2.54. The van der Waals surface area contributed by atoms with E-state index in [4.69, 9.17) is 21.8 Å². The fourth-order valence-electron chi connectivity index (χ4n) is 10.3. The number of benzene rings is 2. The van der Waals surface area contributed by atoms with Crippen molar-refractivity contribution in [3.8, 4) is 11.5 Å². The van der Waals surface area contributed by atoms with Gasteiger partial charge in [0.2, 0.25) is 0 Å². The molecule has 4 fully saturated rings. The number of nitrogens with zero attached hydrogens (tertiary/aromatic N) is 2. The molecule has 2 heterocycles. The minimum absolute atomic E-state index is 0. The van der Waals surface area contributed by atoms with E-state index in [-0.39, 0.29) is 39.3 Å². The Morgan fingerprint density at radius 2 is 1.21 bits per heavy atom. The molecule has 2 aliphatic heterocycles. The molecule has 0 radical (unpaired) electrons. The number of piperidine rings is 2. The van der Waals surface area contributed by atoms with Gasteiger partial charge in [0.05, 0.1) is 22.3 Å². The van der Waals surface area contributed by atoms with E-state index in [9.17, 15) is 0 Å². The summed E-state index contributed by atoms with van der Waals surface area (Å²) >= 11 is 0. The molecule has 42 heavy (non-hydrogen) atoms. The normalized spacial score (nSPS) is 38.5. The first-order chi connectivity index (χ1) is 23.0. The van der Waals surface area contributed by atoms with Crippen LogP contribution in [0.1, 0.15) is 98.8 Å². The van der Waals surface area contributed by atoms with Crippen molar-refractivity contribution >= 4 is 17.0 Å². The van der Waals surface area contributed by atoms with E-state index in [1.165, 1.54) is 48.8 Å². The van der Waals surface area contributed by atoms with Crippen molar-refractivity contribution in [3.05, 3.63) is 58.7 Å². The maximum Gasteiger partial charge on any atom is 0.119 e. The summed E-state index contributed by atoms with van der Waals surface area (Å²) in [5, 5.41) is 0. The summed E-state index contributed by atoms with van der Waals surface area (Å²) in [5.74, 6) is 1.92. The Kier molecular flexibility index (Phi) is 6.50. The van der Waals surface area contributed by atoms with E-state index >= 15 is 0 Å². The molecule has 0 amide bonds. The van der Waals surface area contributed by atoms with E-state index in [0.29, 0.717) is 42.3 Å². The SMILES string of the molecule is Br.O.[2H]C([2H])([2H])Oc1ccc2c(c1)[C@]13CCCC[C@@H]1[C@H](C2)N(C([2H])([2H])[2H])CC3.[2H]C([2H])([2H])Oc1ccc2c(c1)[C@]13CCCC[C@@H]1[C@H](C2)N(C)CC3. The predicted molar refractivity (Wildman–Crippen MR) is 177 cm³/mol. The third-order valence-electron chi connectivity index (χ3n) is 12.1. The van der Waals surface area contributed by atoms with Crippen LogP contribution in [0.4, 0.5) is 0 Å². The topological polar surface area (TPSA) is 56.4 Å². The highest BCUT2D eigenvalue weighted by Crippen LogP contribution is 2.57. The molecule has 232 valence electrons. The van der Waals surface area contributed by atoms with Crippen molar-refractivity contribution in [1.29, 1.82) is 0 Å². The zero-order chi connectivity index (χ0) is 35.0. The maximum atomic E-state index is 7.95. The summed E-state index contributed by atoms with van der Waals surface area (Å²) < 4.78 is 78.4. The molecule has 2 aromatic carbocycles. The third-order valence-corrected chi connectivity index (χ3v) is 12.1. The lowest BCUT2D eigenvalue weighted by Crippen LogP contribution is -2.59. The van der Waals surface area contributed by atoms with Crippen molar-refractivity contribution in [1.82, 2.24) is 9.80 Å².